The molecule has 0 radical (unpaired) electrons. The lowest BCUT2D eigenvalue weighted by Gasteiger charge is -2.33. The van der Waals surface area contributed by atoms with E-state index in [0.717, 1.165) is 6.04 Å². The Labute approximate surface area is 114 Å². The standard InChI is InChI=1S/C16H17ClSi/c1-13-7-2-4-10-15(13)18(17)12-6-9-14-8-3-5-11-16(14)18/h2-5,7-8,10-11H,6,9,12H2,1H3/t18-/m0/s1. The molecule has 0 bridgehead atoms. The Balaban J connectivity index is 2.20. The highest BCUT2D eigenvalue weighted by molar-refractivity contribution is 7.34. The van der Waals surface area contributed by atoms with E-state index in [1.165, 1.54) is 34.3 Å². The first-order valence-corrected chi connectivity index (χ1v) is 9.77. The summed E-state index contributed by atoms with van der Waals surface area (Å²) < 4.78 is 0. The van der Waals surface area contributed by atoms with Crippen LogP contribution in [0, 0.1) is 6.92 Å². The van der Waals surface area contributed by atoms with Crippen molar-refractivity contribution < 1.29 is 0 Å². The van der Waals surface area contributed by atoms with Crippen molar-refractivity contribution >= 4 is 28.8 Å². The van der Waals surface area contributed by atoms with E-state index in [1.54, 1.807) is 0 Å². The molecule has 2 heteroatoms. The van der Waals surface area contributed by atoms with E-state index >= 15 is 0 Å². The fourth-order valence-electron chi connectivity index (χ4n) is 3.08. The molecule has 1 aliphatic rings. The summed E-state index contributed by atoms with van der Waals surface area (Å²) in [6, 6.07) is 18.6. The largest absolute Gasteiger partial charge is 0.217 e. The van der Waals surface area contributed by atoms with Crippen LogP contribution in [0.4, 0.5) is 0 Å². The third-order valence-electron chi connectivity index (χ3n) is 3.98. The van der Waals surface area contributed by atoms with Crippen LogP contribution in [0.5, 0.6) is 0 Å². The zero-order valence-corrected chi connectivity index (χ0v) is 12.4. The van der Waals surface area contributed by atoms with Gasteiger partial charge in [0.05, 0.1) is 0 Å². The summed E-state index contributed by atoms with van der Waals surface area (Å²) >= 11 is 7.18. The summed E-state index contributed by atoms with van der Waals surface area (Å²) in [6.07, 6.45) is 2.41. The molecule has 1 aliphatic heterocycles. The van der Waals surface area contributed by atoms with Gasteiger partial charge < -0.3 is 0 Å². The number of rotatable bonds is 1. The lowest BCUT2D eigenvalue weighted by molar-refractivity contribution is 0.898. The molecule has 0 spiro atoms. The summed E-state index contributed by atoms with van der Waals surface area (Å²) in [5, 5.41) is 2.84. The van der Waals surface area contributed by atoms with Crippen LogP contribution in [-0.2, 0) is 6.42 Å². The maximum atomic E-state index is 7.18. The predicted octanol–water partition coefficient (Wildman–Crippen LogP) is 3.24. The van der Waals surface area contributed by atoms with Gasteiger partial charge in [0.2, 0.25) is 7.38 Å². The molecule has 0 fully saturated rings. The first-order valence-electron chi connectivity index (χ1n) is 6.55. The first-order chi connectivity index (χ1) is 8.72. The third kappa shape index (κ3) is 1.82. The molecule has 18 heavy (non-hydrogen) atoms. The van der Waals surface area contributed by atoms with Gasteiger partial charge in [-0.25, -0.2) is 0 Å². The highest BCUT2D eigenvalue weighted by atomic mass is 35.6. The molecule has 0 amide bonds. The average molecular weight is 273 g/mol. The summed E-state index contributed by atoms with van der Waals surface area (Å²) in [4.78, 5) is 0. The van der Waals surface area contributed by atoms with Gasteiger partial charge in [-0.05, 0) is 41.7 Å². The van der Waals surface area contributed by atoms with Crippen LogP contribution in [0.25, 0.3) is 0 Å². The van der Waals surface area contributed by atoms with Crippen LogP contribution in [-0.4, -0.2) is 7.38 Å². The molecule has 2 aromatic carbocycles. The lowest BCUT2D eigenvalue weighted by atomic mass is 10.1. The SMILES string of the molecule is Cc1ccccc1[Si@@]1(Cl)CCCc2ccccc21. The fraction of sp³-hybridized carbons (Fsp3) is 0.250. The van der Waals surface area contributed by atoms with Crippen molar-refractivity contribution in [1.29, 1.82) is 0 Å². The lowest BCUT2D eigenvalue weighted by Crippen LogP contribution is -2.57. The molecule has 0 nitrogen and oxygen atoms in total. The van der Waals surface area contributed by atoms with Gasteiger partial charge in [-0.1, -0.05) is 54.1 Å². The summed E-state index contributed by atoms with van der Waals surface area (Å²) in [7, 11) is -2.01. The number of hydrogen-bond donors (Lipinski definition) is 0. The molecule has 3 rings (SSSR count). The van der Waals surface area contributed by atoms with E-state index in [-0.39, 0.29) is 0 Å². The van der Waals surface area contributed by atoms with E-state index in [4.69, 9.17) is 11.1 Å². The zero-order chi connectivity index (χ0) is 12.6. The second kappa shape index (κ2) is 4.56. The zero-order valence-electron chi connectivity index (χ0n) is 10.6. The summed E-state index contributed by atoms with van der Waals surface area (Å²) in [5.74, 6) is 0. The minimum absolute atomic E-state index is 1.16. The van der Waals surface area contributed by atoms with Crippen molar-refractivity contribution in [2.45, 2.75) is 25.8 Å². The molecule has 2 aromatic rings. The van der Waals surface area contributed by atoms with Crippen molar-refractivity contribution in [3.63, 3.8) is 0 Å². The van der Waals surface area contributed by atoms with Crippen molar-refractivity contribution in [3.8, 4) is 0 Å². The summed E-state index contributed by atoms with van der Waals surface area (Å²) in [5.41, 5.74) is 2.81. The average Bonchev–Trinajstić information content (AvgIpc) is 2.40. The second-order valence-electron chi connectivity index (χ2n) is 5.13. The van der Waals surface area contributed by atoms with Crippen molar-refractivity contribution in [3.05, 3.63) is 59.7 Å². The Morgan fingerprint density at radius 1 is 0.944 bits per heavy atom. The van der Waals surface area contributed by atoms with Gasteiger partial charge >= 0.3 is 0 Å². The molecular weight excluding hydrogens is 256 g/mol. The molecule has 92 valence electrons. The summed E-state index contributed by atoms with van der Waals surface area (Å²) in [6.45, 7) is 2.18. The van der Waals surface area contributed by atoms with Gasteiger partial charge in [0, 0.05) is 0 Å². The molecule has 1 heterocycles. The molecule has 0 saturated carbocycles. The van der Waals surface area contributed by atoms with Crippen molar-refractivity contribution in [2.24, 2.45) is 0 Å². The highest BCUT2D eigenvalue weighted by Gasteiger charge is 2.39. The molecule has 0 unspecified atom stereocenters. The molecular formula is C16H17ClSi. The van der Waals surface area contributed by atoms with Gasteiger partial charge in [0.25, 0.3) is 0 Å². The second-order valence-corrected chi connectivity index (χ2v) is 10.2. The van der Waals surface area contributed by atoms with Gasteiger partial charge in [-0.3, -0.25) is 0 Å². The normalized spacial score (nSPS) is 22.6. The predicted molar refractivity (Wildman–Crippen MR) is 81.6 cm³/mol. The van der Waals surface area contributed by atoms with E-state index in [2.05, 4.69) is 55.5 Å². The van der Waals surface area contributed by atoms with Crippen molar-refractivity contribution in [2.75, 3.05) is 0 Å². The Hall–Kier alpha value is -1.05. The number of halogens is 1. The molecule has 0 aliphatic carbocycles. The maximum Gasteiger partial charge on any atom is 0.217 e. The Bertz CT molecular complexity index is 579. The van der Waals surface area contributed by atoms with Crippen molar-refractivity contribution in [1.82, 2.24) is 0 Å². The number of hydrogen-bond acceptors (Lipinski definition) is 0. The van der Waals surface area contributed by atoms with E-state index in [9.17, 15) is 0 Å². The number of aryl methyl sites for hydroxylation is 2. The fourth-order valence-corrected chi connectivity index (χ4v) is 8.31. The van der Waals surface area contributed by atoms with Crippen LogP contribution < -0.4 is 10.4 Å². The van der Waals surface area contributed by atoms with E-state index in [0.29, 0.717) is 0 Å². The third-order valence-corrected chi connectivity index (χ3v) is 9.57. The highest BCUT2D eigenvalue weighted by Crippen LogP contribution is 2.26. The van der Waals surface area contributed by atoms with E-state index in [1.807, 2.05) is 0 Å². The van der Waals surface area contributed by atoms with Crippen LogP contribution in [0.2, 0.25) is 6.04 Å². The maximum absolute atomic E-state index is 7.18. The van der Waals surface area contributed by atoms with Crippen LogP contribution in [0.1, 0.15) is 17.5 Å². The van der Waals surface area contributed by atoms with Crippen LogP contribution in [0.3, 0.4) is 0 Å². The quantitative estimate of drug-likeness (QED) is 0.552. The number of benzene rings is 2. The van der Waals surface area contributed by atoms with Gasteiger partial charge in [-0.15, -0.1) is 0 Å². The minimum atomic E-state index is -2.01. The Morgan fingerprint density at radius 2 is 1.61 bits per heavy atom. The first kappa shape index (κ1) is 12.0. The van der Waals surface area contributed by atoms with Crippen LogP contribution in [0.15, 0.2) is 48.5 Å². The van der Waals surface area contributed by atoms with E-state index < -0.39 is 7.38 Å². The topological polar surface area (TPSA) is 0 Å². The Morgan fingerprint density at radius 3 is 2.39 bits per heavy atom. The monoisotopic (exact) mass is 272 g/mol. The van der Waals surface area contributed by atoms with Gasteiger partial charge in [-0.2, -0.15) is 11.1 Å². The molecule has 0 N–H and O–H groups in total. The molecule has 1 atom stereocenters. The molecule has 0 saturated heterocycles. The smallest absolute Gasteiger partial charge is 0.155 e. The molecule has 0 aromatic heterocycles. The number of fused-ring (bicyclic) bond motifs is 1. The van der Waals surface area contributed by atoms with Crippen LogP contribution >= 0.6 is 11.1 Å². The van der Waals surface area contributed by atoms with Gasteiger partial charge in [0.15, 0.2) is 0 Å². The van der Waals surface area contributed by atoms with Gasteiger partial charge in [0.1, 0.15) is 0 Å². The minimum Gasteiger partial charge on any atom is -0.155 e. The Kier molecular flexibility index (Phi) is 3.04.